The van der Waals surface area contributed by atoms with Crippen LogP contribution in [0, 0.1) is 0 Å². The summed E-state index contributed by atoms with van der Waals surface area (Å²) < 4.78 is 5.16. The van der Waals surface area contributed by atoms with Gasteiger partial charge in [-0.2, -0.15) is 0 Å². The molecule has 2 saturated heterocycles. The average Bonchev–Trinajstić information content (AvgIpc) is 2.31. The number of rotatable bonds is 1. The number of piperidine rings is 1. The van der Waals surface area contributed by atoms with Crippen LogP contribution in [0.15, 0.2) is 0 Å². The van der Waals surface area contributed by atoms with Crippen molar-refractivity contribution in [3.05, 3.63) is 0 Å². The van der Waals surface area contributed by atoms with Gasteiger partial charge in [0.25, 0.3) is 0 Å². The minimum atomic E-state index is -0.816. The highest BCUT2D eigenvalue weighted by atomic mass is 35.5. The van der Waals surface area contributed by atoms with Crippen LogP contribution in [0.1, 0.15) is 0 Å². The number of halogens is 1. The molecule has 78 valence electrons. The molecule has 0 aliphatic carbocycles. The quantitative estimate of drug-likeness (QED) is 0.398. The molecule has 0 aromatic heterocycles. The van der Waals surface area contributed by atoms with Crippen LogP contribution in [0.25, 0.3) is 0 Å². The highest BCUT2D eigenvalue weighted by Gasteiger charge is 2.48. The molecule has 0 unspecified atom stereocenters. The highest BCUT2D eigenvalue weighted by molar-refractivity contribution is 5.85. The lowest BCUT2D eigenvalue weighted by Gasteiger charge is -2.35. The number of fused-ring (bicyclic) bond motifs is 2. The SMILES string of the molecule is Cl.OC[C@H]1N[C@H]2CO[C@H]([C@@H]2O)[C@@H]1O. The lowest BCUT2D eigenvalue weighted by atomic mass is 9.93. The number of aliphatic hydroxyl groups is 3. The number of ether oxygens (including phenoxy) is 1. The second-order valence-corrected chi connectivity index (χ2v) is 3.34. The number of hydrogen-bond acceptors (Lipinski definition) is 5. The third-order valence-corrected chi connectivity index (χ3v) is 2.59. The van der Waals surface area contributed by atoms with Crippen LogP contribution in [0.2, 0.25) is 0 Å². The number of hydrogen-bond donors (Lipinski definition) is 4. The molecule has 2 aliphatic heterocycles. The molecule has 5 atom stereocenters. The third kappa shape index (κ3) is 1.68. The van der Waals surface area contributed by atoms with E-state index >= 15 is 0 Å². The zero-order chi connectivity index (χ0) is 8.72. The molecule has 2 aliphatic rings. The van der Waals surface area contributed by atoms with E-state index in [1.807, 2.05) is 0 Å². The Hall–Kier alpha value is 0.0900. The summed E-state index contributed by atoms with van der Waals surface area (Å²) >= 11 is 0. The smallest absolute Gasteiger partial charge is 0.112 e. The summed E-state index contributed by atoms with van der Waals surface area (Å²) in [5.41, 5.74) is 0. The molecule has 0 radical (unpaired) electrons. The molecule has 5 nitrogen and oxygen atoms in total. The summed E-state index contributed by atoms with van der Waals surface area (Å²) in [6.45, 7) is 0.268. The van der Waals surface area contributed by atoms with Gasteiger partial charge in [0, 0.05) is 0 Å². The molecule has 4 N–H and O–H groups in total. The van der Waals surface area contributed by atoms with Crippen LogP contribution in [0.5, 0.6) is 0 Å². The topological polar surface area (TPSA) is 82.0 Å². The zero-order valence-electron chi connectivity index (χ0n) is 6.96. The van der Waals surface area contributed by atoms with Gasteiger partial charge < -0.3 is 25.4 Å². The van der Waals surface area contributed by atoms with Crippen LogP contribution in [0.4, 0.5) is 0 Å². The summed E-state index contributed by atoms with van der Waals surface area (Å²) in [5, 5.41) is 30.8. The Bertz CT molecular complexity index is 182. The molecular formula is C7H14ClNO4. The van der Waals surface area contributed by atoms with Gasteiger partial charge in [0.05, 0.1) is 25.3 Å². The van der Waals surface area contributed by atoms with Gasteiger partial charge in [-0.25, -0.2) is 0 Å². The Labute approximate surface area is 82.1 Å². The summed E-state index contributed by atoms with van der Waals surface area (Å²) in [6.07, 6.45) is -2.00. The van der Waals surface area contributed by atoms with E-state index in [0.29, 0.717) is 6.61 Å². The first-order valence-electron chi connectivity index (χ1n) is 4.08. The maximum absolute atomic E-state index is 9.52. The van der Waals surface area contributed by atoms with Gasteiger partial charge in [0.1, 0.15) is 18.3 Å². The summed E-state index contributed by atoms with van der Waals surface area (Å²) in [7, 11) is 0. The minimum Gasteiger partial charge on any atom is -0.395 e. The molecule has 13 heavy (non-hydrogen) atoms. The Morgan fingerprint density at radius 1 is 1.31 bits per heavy atom. The fraction of sp³-hybridized carbons (Fsp3) is 1.00. The molecule has 0 spiro atoms. The van der Waals surface area contributed by atoms with Gasteiger partial charge in [0.2, 0.25) is 0 Å². The van der Waals surface area contributed by atoms with Crippen molar-refractivity contribution in [1.29, 1.82) is 0 Å². The maximum atomic E-state index is 9.52. The monoisotopic (exact) mass is 211 g/mol. The Morgan fingerprint density at radius 3 is 2.62 bits per heavy atom. The van der Waals surface area contributed by atoms with Gasteiger partial charge in [0.15, 0.2) is 0 Å². The van der Waals surface area contributed by atoms with Gasteiger partial charge in [-0.05, 0) is 0 Å². The van der Waals surface area contributed by atoms with E-state index in [9.17, 15) is 10.2 Å². The lowest BCUT2D eigenvalue weighted by molar-refractivity contribution is -0.0794. The predicted octanol–water partition coefficient (Wildman–Crippen LogP) is -2.14. The number of aliphatic hydroxyl groups excluding tert-OH is 3. The molecule has 6 heteroatoms. The van der Waals surface area contributed by atoms with Crippen LogP contribution < -0.4 is 5.32 Å². The Morgan fingerprint density at radius 2 is 2.00 bits per heavy atom. The fourth-order valence-electron chi connectivity index (χ4n) is 1.85. The Balaban J connectivity index is 0.000000845. The van der Waals surface area contributed by atoms with E-state index in [1.165, 1.54) is 0 Å². The normalized spacial score (nSPS) is 48.7. The Kier molecular flexibility index (Phi) is 3.50. The molecule has 2 heterocycles. The zero-order valence-corrected chi connectivity index (χ0v) is 7.78. The molecule has 2 bridgehead atoms. The number of nitrogens with one attached hydrogen (secondary N) is 1. The molecule has 2 rings (SSSR count). The van der Waals surface area contributed by atoms with Gasteiger partial charge in [-0.15, -0.1) is 12.4 Å². The van der Waals surface area contributed by atoms with Crippen molar-refractivity contribution in [2.45, 2.75) is 30.4 Å². The van der Waals surface area contributed by atoms with Crippen molar-refractivity contribution < 1.29 is 20.1 Å². The van der Waals surface area contributed by atoms with E-state index in [4.69, 9.17) is 9.84 Å². The first-order valence-corrected chi connectivity index (χ1v) is 4.08. The van der Waals surface area contributed by atoms with E-state index in [-0.39, 0.29) is 31.1 Å². The van der Waals surface area contributed by atoms with E-state index < -0.39 is 18.3 Å². The van der Waals surface area contributed by atoms with Crippen molar-refractivity contribution in [2.75, 3.05) is 13.2 Å². The van der Waals surface area contributed by atoms with E-state index in [1.54, 1.807) is 0 Å². The van der Waals surface area contributed by atoms with Crippen molar-refractivity contribution in [3.8, 4) is 0 Å². The summed E-state index contributed by atoms with van der Waals surface area (Å²) in [4.78, 5) is 0. The van der Waals surface area contributed by atoms with E-state index in [0.717, 1.165) is 0 Å². The van der Waals surface area contributed by atoms with Crippen molar-refractivity contribution in [3.63, 3.8) is 0 Å². The van der Waals surface area contributed by atoms with Crippen molar-refractivity contribution in [2.24, 2.45) is 0 Å². The van der Waals surface area contributed by atoms with E-state index in [2.05, 4.69) is 5.32 Å². The second kappa shape index (κ2) is 4.08. The van der Waals surface area contributed by atoms with Crippen molar-refractivity contribution in [1.82, 2.24) is 5.32 Å². The van der Waals surface area contributed by atoms with Crippen molar-refractivity contribution >= 4 is 12.4 Å². The maximum Gasteiger partial charge on any atom is 0.112 e. The largest absolute Gasteiger partial charge is 0.395 e. The standard InChI is InChI=1S/C7H13NO4.ClH/c9-1-3-5(10)7-6(11)4(8-3)2-12-7;/h3-11H,1-2H2;1H/t3-,4+,5-,6-,7+;/m1./s1. The van der Waals surface area contributed by atoms with Crippen LogP contribution in [0.3, 0.4) is 0 Å². The first-order chi connectivity index (χ1) is 5.74. The highest BCUT2D eigenvalue weighted by Crippen LogP contribution is 2.24. The summed E-state index contributed by atoms with van der Waals surface area (Å²) in [5.74, 6) is 0. The van der Waals surface area contributed by atoms with Gasteiger partial charge in [-0.1, -0.05) is 0 Å². The molecule has 2 fully saturated rings. The predicted molar refractivity (Wildman–Crippen MR) is 46.8 cm³/mol. The first kappa shape index (κ1) is 11.2. The summed E-state index contributed by atoms with van der Waals surface area (Å²) in [6, 6.07) is -0.513. The van der Waals surface area contributed by atoms with Gasteiger partial charge in [-0.3, -0.25) is 0 Å². The van der Waals surface area contributed by atoms with Crippen LogP contribution in [-0.4, -0.2) is 58.9 Å². The average molecular weight is 212 g/mol. The van der Waals surface area contributed by atoms with Crippen LogP contribution >= 0.6 is 12.4 Å². The third-order valence-electron chi connectivity index (χ3n) is 2.59. The molecule has 0 amide bonds. The lowest BCUT2D eigenvalue weighted by Crippen LogP contribution is -2.62. The van der Waals surface area contributed by atoms with Crippen LogP contribution in [-0.2, 0) is 4.74 Å². The minimum absolute atomic E-state index is 0. The van der Waals surface area contributed by atoms with Gasteiger partial charge >= 0.3 is 0 Å². The molecule has 0 aromatic carbocycles. The molecule has 0 saturated carbocycles. The molecule has 0 aromatic rings. The molecular weight excluding hydrogens is 198 g/mol. The second-order valence-electron chi connectivity index (χ2n) is 3.34. The fourth-order valence-corrected chi connectivity index (χ4v) is 1.85.